The van der Waals surface area contributed by atoms with E-state index >= 15 is 0 Å². The largest absolute Gasteiger partial charge is 0.449 e. The Morgan fingerprint density at radius 1 is 0.338 bits per heavy atom. The van der Waals surface area contributed by atoms with Crippen LogP contribution in [0.5, 0.6) is 0 Å². The minimum Gasteiger partial charge on any atom is -0.449 e. The third-order valence-corrected chi connectivity index (χ3v) is 27.7. The zero-order valence-corrected chi connectivity index (χ0v) is 81.1. The summed E-state index contributed by atoms with van der Waals surface area (Å²) in [5.74, 6) is 1.34. The number of hydrogen-bond donors (Lipinski definition) is 4. The molecule has 0 spiro atoms. The molecule has 706 valence electrons. The number of fused-ring (bicyclic) bond motifs is 12. The maximum absolute atomic E-state index is 12.3. The van der Waals surface area contributed by atoms with Crippen molar-refractivity contribution in [2.24, 2.45) is 0 Å². The molecule has 7 heterocycles. The molecule has 4 aromatic heterocycles. The number of hydrogen-bond acceptors (Lipinski definition) is 22. The quantitative estimate of drug-likeness (QED) is 0.0342. The Balaban J connectivity index is 0.000000132. The Bertz CT molecular complexity index is 6060. The molecule has 3 saturated heterocycles. The van der Waals surface area contributed by atoms with Crippen LogP contribution in [0.3, 0.4) is 0 Å². The summed E-state index contributed by atoms with van der Waals surface area (Å²) in [6.45, 7) is 13.5. The van der Waals surface area contributed by atoms with Crippen LogP contribution in [0.15, 0.2) is 195 Å². The number of halogens is 8. The number of rotatable bonds is 23. The molecule has 4 N–H and O–H groups in total. The first-order chi connectivity index (χ1) is 66.2. The average molecular weight is 2000 g/mol. The number of likely N-dealkylation sites (tertiary alicyclic amines) is 1. The molecular formula is C102H102Cl8N16O10. The van der Waals surface area contributed by atoms with Gasteiger partial charge in [0.05, 0.1) is 109 Å². The monoisotopic (exact) mass is 1990 g/mol. The fourth-order valence-electron chi connectivity index (χ4n) is 18.0. The zero-order valence-electron chi connectivity index (χ0n) is 75.1. The molecule has 4 aliphatic carbocycles. The second-order valence-corrected chi connectivity index (χ2v) is 37.3. The highest BCUT2D eigenvalue weighted by Gasteiger charge is 2.34. The van der Waals surface area contributed by atoms with Crippen molar-refractivity contribution < 1.29 is 47.6 Å². The molecule has 3 fully saturated rings. The van der Waals surface area contributed by atoms with Gasteiger partial charge in [-0.15, -0.1) is 0 Å². The molecule has 3 aliphatic heterocycles. The second-order valence-electron chi connectivity index (χ2n) is 34.1. The summed E-state index contributed by atoms with van der Waals surface area (Å²) < 4.78 is 31.9. The molecule has 0 saturated carbocycles. The number of benzene rings is 8. The van der Waals surface area contributed by atoms with E-state index in [4.69, 9.17) is 121 Å². The molecule has 4 amide bonds. The van der Waals surface area contributed by atoms with Gasteiger partial charge in [0.1, 0.15) is 6.61 Å². The summed E-state index contributed by atoms with van der Waals surface area (Å²) in [5.41, 5.74) is 20.3. The molecule has 19 rings (SSSR count). The highest BCUT2D eigenvalue weighted by Crippen LogP contribution is 2.48. The Kier molecular flexibility index (Phi) is 34.4. The number of carbonyl (C=O) groups is 4. The van der Waals surface area contributed by atoms with Gasteiger partial charge in [-0.2, -0.15) is 0 Å². The molecular weight excluding hydrogens is 1890 g/mol. The highest BCUT2D eigenvalue weighted by molar-refractivity contribution is 6.43. The van der Waals surface area contributed by atoms with Crippen LogP contribution in [-0.4, -0.2) is 216 Å². The van der Waals surface area contributed by atoms with Gasteiger partial charge in [-0.05, 0) is 200 Å². The lowest BCUT2D eigenvalue weighted by Gasteiger charge is -2.27. The van der Waals surface area contributed by atoms with Crippen LogP contribution in [-0.2, 0) is 54.1 Å². The molecule has 0 unspecified atom stereocenters. The zero-order chi connectivity index (χ0) is 94.6. The fraction of sp³-hybridized carbons (Fsp3) is 0.333. The topological polar surface area (TPSA) is 288 Å². The van der Waals surface area contributed by atoms with Crippen molar-refractivity contribution in [2.45, 2.75) is 87.9 Å². The van der Waals surface area contributed by atoms with Gasteiger partial charge in [0, 0.05) is 123 Å². The van der Waals surface area contributed by atoms with E-state index in [1.54, 1.807) is 24.8 Å². The van der Waals surface area contributed by atoms with Crippen molar-refractivity contribution in [1.29, 1.82) is 0 Å². The Morgan fingerprint density at radius 2 is 0.610 bits per heavy atom. The van der Waals surface area contributed by atoms with Gasteiger partial charge in [0.2, 0.25) is 23.8 Å². The summed E-state index contributed by atoms with van der Waals surface area (Å²) in [6.07, 6.45) is 14.0. The van der Waals surface area contributed by atoms with Crippen molar-refractivity contribution in [1.82, 2.24) is 59.5 Å². The number of carbonyl (C=O) groups excluding carboxylic acids is 4. The van der Waals surface area contributed by atoms with Crippen LogP contribution in [0.2, 0.25) is 40.2 Å². The number of amides is 4. The number of aromatic nitrogens is 8. The summed E-state index contributed by atoms with van der Waals surface area (Å²) in [7, 11) is 3.95. The van der Waals surface area contributed by atoms with E-state index in [9.17, 15) is 19.2 Å². The van der Waals surface area contributed by atoms with Crippen LogP contribution >= 0.6 is 92.8 Å². The van der Waals surface area contributed by atoms with E-state index in [-0.39, 0.29) is 47.5 Å². The van der Waals surface area contributed by atoms with E-state index in [2.05, 4.69) is 100 Å². The van der Waals surface area contributed by atoms with E-state index in [0.29, 0.717) is 92.8 Å². The summed E-state index contributed by atoms with van der Waals surface area (Å²) in [4.78, 5) is 94.1. The lowest BCUT2D eigenvalue weighted by molar-refractivity contribution is 0.0290. The second kappa shape index (κ2) is 47.5. The number of ether oxygens (including phenoxy) is 6. The Hall–Kier alpha value is -10.8. The first kappa shape index (κ1) is 98.3. The molecule has 0 bridgehead atoms. The van der Waals surface area contributed by atoms with Gasteiger partial charge < -0.3 is 38.2 Å². The number of nitrogens with one attached hydrogen (secondary N) is 4. The summed E-state index contributed by atoms with van der Waals surface area (Å²) >= 11 is 49.7. The van der Waals surface area contributed by atoms with Crippen LogP contribution in [0.1, 0.15) is 129 Å². The molecule has 0 radical (unpaired) electrons. The average Bonchev–Trinajstić information content (AvgIpc) is 0.771. The van der Waals surface area contributed by atoms with Crippen LogP contribution in [0.4, 0.5) is 43.0 Å². The SMILES string of the molecule is CN(C)CCCOC(=O)Nc1ncc2c(n1)-c1ccccc1[C@H](c1ccc(Cl)c(Cl)c1)C2.O=C(Nc1ncc2c(n1)-c1ccccc1[C@H](c1ccc(Cl)c(Cl)c1)C2)OCCCN1CCCCC1.O=C(Nc1ncc2c(n1)-c1ccccc1[C@H](c1ccc(Cl)c(Cl)c1)C2)OCCCN1CCOCC1.O=C(Nc1ncc2c(n1)-c1ccccc1[C@H](c1ccc(Cl)c(Cl)c1)C2)OCCN1CCOCC1. The van der Waals surface area contributed by atoms with Crippen molar-refractivity contribution >= 4 is 141 Å². The van der Waals surface area contributed by atoms with Crippen LogP contribution in [0, 0.1) is 0 Å². The standard InChI is InChI=1S/C27H28Cl2N4O2.C26H26Cl2N4O3.C25H24Cl2N4O3.C24H24Cl2N4O2/c28-23-10-9-18(16-24(23)29)22-15-19-17-30-26(31-25(19)21-8-3-2-7-20(21)22)32-27(34)35-14-6-13-33-11-4-1-5-12-33;27-22-7-6-17(15-23(22)28)21-14-18-16-29-25(30-24(18)20-5-2-1-4-19(20)21)31-26(33)35-11-3-8-32-9-12-34-13-10-32;26-21-6-5-16(14-22(21)27)20-13-17-15-28-24(29-23(17)19-4-2-1-3-18(19)20)30-25(32)34-12-9-31-7-10-33-11-8-31;1-30(2)10-5-11-32-24(31)29-23-27-14-16-12-19(15-8-9-20(25)21(26)13-15)17-6-3-4-7-18(17)22(16)28-23/h2-3,7-10,16-17,22H,1,4-6,11-15H2,(H,30,31,32,34);1-2,4-7,15-16,21H,3,8-14H2,(H,29,30,31,33);1-6,14-15,20H,7-13H2,(H,28,29,30,32);3-4,6-9,13-14,19H,5,10-12H2,1-2H3,(H,27,28,29,31)/t22-;21-;20-;19-/m0000/s1. The third-order valence-electron chi connectivity index (χ3n) is 24.7. The molecule has 26 nitrogen and oxygen atoms in total. The van der Waals surface area contributed by atoms with Gasteiger partial charge in [-0.1, -0.05) is 221 Å². The third kappa shape index (κ3) is 25.6. The lowest BCUT2D eigenvalue weighted by Crippen LogP contribution is -2.38. The van der Waals surface area contributed by atoms with Crippen molar-refractivity contribution in [3.8, 4) is 45.0 Å². The van der Waals surface area contributed by atoms with Gasteiger partial charge in [0.25, 0.3) is 0 Å². The van der Waals surface area contributed by atoms with Gasteiger partial charge in [-0.3, -0.25) is 31.1 Å². The maximum Gasteiger partial charge on any atom is 0.414 e. The molecule has 34 heteroatoms. The van der Waals surface area contributed by atoms with Gasteiger partial charge >= 0.3 is 24.4 Å². The Labute approximate surface area is 830 Å². The van der Waals surface area contributed by atoms with Crippen molar-refractivity contribution in [2.75, 3.05) is 154 Å². The number of nitrogens with zero attached hydrogens (tertiary/aromatic N) is 12. The smallest absolute Gasteiger partial charge is 0.414 e. The Morgan fingerprint density at radius 3 is 0.904 bits per heavy atom. The number of morpholine rings is 2. The molecule has 7 aliphatic rings. The van der Waals surface area contributed by atoms with E-state index < -0.39 is 24.4 Å². The predicted octanol–water partition coefficient (Wildman–Crippen LogP) is 22.6. The van der Waals surface area contributed by atoms with E-state index in [1.165, 1.54) is 19.3 Å². The predicted molar refractivity (Wildman–Crippen MR) is 535 cm³/mol. The molecule has 8 aromatic carbocycles. The van der Waals surface area contributed by atoms with Crippen LogP contribution < -0.4 is 21.3 Å². The molecule has 4 atom stereocenters. The highest BCUT2D eigenvalue weighted by atomic mass is 35.5. The normalized spacial score (nSPS) is 16.8. The number of piperidine rings is 1. The van der Waals surface area contributed by atoms with E-state index in [1.807, 2.05) is 165 Å². The first-order valence-electron chi connectivity index (χ1n) is 45.5. The van der Waals surface area contributed by atoms with Crippen molar-refractivity contribution in [3.05, 3.63) is 302 Å². The fourth-order valence-corrected chi connectivity index (χ4v) is 19.2. The first-order valence-corrected chi connectivity index (χ1v) is 48.5. The molecule has 12 aromatic rings. The molecule has 136 heavy (non-hydrogen) atoms. The minimum absolute atomic E-state index is 0.103. The van der Waals surface area contributed by atoms with E-state index in [0.717, 1.165) is 222 Å². The summed E-state index contributed by atoms with van der Waals surface area (Å²) in [6, 6.07) is 55.6. The minimum atomic E-state index is -0.564. The maximum atomic E-state index is 12.3. The lowest BCUT2D eigenvalue weighted by atomic mass is 9.78. The summed E-state index contributed by atoms with van der Waals surface area (Å²) in [5, 5.41) is 14.9. The number of anilines is 4. The van der Waals surface area contributed by atoms with Crippen LogP contribution in [0.25, 0.3) is 45.0 Å². The van der Waals surface area contributed by atoms with Gasteiger partial charge in [-0.25, -0.2) is 59.0 Å². The van der Waals surface area contributed by atoms with Crippen molar-refractivity contribution in [3.63, 3.8) is 0 Å². The van der Waals surface area contributed by atoms with Gasteiger partial charge in [0.15, 0.2) is 0 Å².